The van der Waals surface area contributed by atoms with Crippen molar-refractivity contribution in [1.29, 1.82) is 0 Å². The predicted octanol–water partition coefficient (Wildman–Crippen LogP) is 4.42. The van der Waals surface area contributed by atoms with Crippen molar-refractivity contribution in [3.63, 3.8) is 0 Å². The Morgan fingerprint density at radius 2 is 1.86 bits per heavy atom. The molecule has 0 saturated carbocycles. The van der Waals surface area contributed by atoms with Gasteiger partial charge in [0.15, 0.2) is 5.43 Å². The van der Waals surface area contributed by atoms with E-state index in [9.17, 15) is 9.90 Å². The van der Waals surface area contributed by atoms with Gasteiger partial charge in [-0.05, 0) is 25.5 Å². The summed E-state index contributed by atoms with van der Waals surface area (Å²) >= 11 is 3.46. The molecule has 118 valence electrons. The summed E-state index contributed by atoms with van der Waals surface area (Å²) in [6.45, 7) is 7.39. The smallest absolute Gasteiger partial charge is 0.191 e. The second kappa shape index (κ2) is 6.80. The van der Waals surface area contributed by atoms with Gasteiger partial charge in [0, 0.05) is 27.9 Å². The molecule has 2 rings (SSSR count). The van der Waals surface area contributed by atoms with Gasteiger partial charge < -0.3 is 9.52 Å². The Morgan fingerprint density at radius 3 is 2.45 bits per heavy atom. The Hall–Kier alpha value is -1.39. The third-order valence-electron chi connectivity index (χ3n) is 4.13. The Labute approximate surface area is 139 Å². The van der Waals surface area contributed by atoms with Crippen LogP contribution in [-0.4, -0.2) is 5.11 Å². The maximum absolute atomic E-state index is 12.3. The molecule has 0 aliphatic carbocycles. The molecule has 1 aromatic heterocycles. The van der Waals surface area contributed by atoms with Crippen molar-refractivity contribution in [3.8, 4) is 0 Å². The van der Waals surface area contributed by atoms with Crippen LogP contribution >= 0.6 is 15.9 Å². The van der Waals surface area contributed by atoms with Crippen molar-refractivity contribution in [1.82, 2.24) is 0 Å². The molecule has 0 fully saturated rings. The van der Waals surface area contributed by atoms with Gasteiger partial charge in [-0.3, -0.25) is 4.79 Å². The number of hydrogen-bond acceptors (Lipinski definition) is 3. The summed E-state index contributed by atoms with van der Waals surface area (Å²) in [5, 5.41) is 10.7. The first-order valence-corrected chi connectivity index (χ1v) is 8.23. The molecule has 0 aliphatic rings. The quantitative estimate of drug-likeness (QED) is 0.873. The van der Waals surface area contributed by atoms with Crippen LogP contribution in [0.25, 0.3) is 0 Å². The molecule has 2 aromatic rings. The van der Waals surface area contributed by atoms with E-state index in [1.807, 2.05) is 38.1 Å². The molecule has 4 heteroatoms. The molecule has 0 amide bonds. The van der Waals surface area contributed by atoms with Gasteiger partial charge in [0.05, 0.1) is 6.10 Å². The van der Waals surface area contributed by atoms with Crippen LogP contribution in [0.4, 0.5) is 0 Å². The zero-order valence-electron chi connectivity index (χ0n) is 13.3. The fraction of sp³-hybridized carbons (Fsp3) is 0.389. The van der Waals surface area contributed by atoms with E-state index >= 15 is 0 Å². The lowest BCUT2D eigenvalue weighted by molar-refractivity contribution is 0.138. The van der Waals surface area contributed by atoms with Crippen molar-refractivity contribution >= 4 is 15.9 Å². The Bertz CT molecular complexity index is 734. The van der Waals surface area contributed by atoms with Crippen molar-refractivity contribution < 1.29 is 9.52 Å². The lowest BCUT2D eigenvalue weighted by Gasteiger charge is -2.22. The molecule has 0 bridgehead atoms. The minimum atomic E-state index is -0.746. The van der Waals surface area contributed by atoms with E-state index in [-0.39, 0.29) is 11.3 Å². The van der Waals surface area contributed by atoms with Crippen molar-refractivity contribution in [3.05, 3.63) is 67.2 Å². The van der Waals surface area contributed by atoms with Crippen LogP contribution in [0.3, 0.4) is 0 Å². The molecule has 0 unspecified atom stereocenters. The second-order valence-corrected chi connectivity index (χ2v) is 6.43. The van der Waals surface area contributed by atoms with Crippen molar-refractivity contribution in [2.24, 2.45) is 0 Å². The SMILES string of the molecule is CCc1oc([C@@H](C)[C@@H](O)c2ccccc2Br)c(C)c(=O)c1C. The van der Waals surface area contributed by atoms with Gasteiger partial charge in [0.1, 0.15) is 11.5 Å². The highest BCUT2D eigenvalue weighted by Gasteiger charge is 2.26. The number of aliphatic hydroxyl groups excluding tert-OH is 1. The van der Waals surface area contributed by atoms with Crippen molar-refractivity contribution in [2.45, 2.75) is 46.1 Å². The summed E-state index contributed by atoms with van der Waals surface area (Å²) in [7, 11) is 0. The maximum Gasteiger partial charge on any atom is 0.191 e. The van der Waals surface area contributed by atoms with Gasteiger partial charge >= 0.3 is 0 Å². The van der Waals surface area contributed by atoms with Crippen molar-refractivity contribution in [2.75, 3.05) is 0 Å². The van der Waals surface area contributed by atoms with E-state index in [1.54, 1.807) is 13.8 Å². The highest BCUT2D eigenvalue weighted by molar-refractivity contribution is 9.10. The molecule has 2 atom stereocenters. The highest BCUT2D eigenvalue weighted by Crippen LogP contribution is 2.35. The molecule has 0 spiro atoms. The Morgan fingerprint density at radius 1 is 1.23 bits per heavy atom. The number of benzene rings is 1. The molecule has 3 nitrogen and oxygen atoms in total. The van der Waals surface area contributed by atoms with Crippen LogP contribution < -0.4 is 5.43 Å². The molecule has 0 radical (unpaired) electrons. The zero-order chi connectivity index (χ0) is 16.4. The second-order valence-electron chi connectivity index (χ2n) is 5.58. The summed E-state index contributed by atoms with van der Waals surface area (Å²) in [5.74, 6) is 0.949. The number of aliphatic hydroxyl groups is 1. The first-order valence-electron chi connectivity index (χ1n) is 7.44. The Balaban J connectivity index is 2.50. The van der Waals surface area contributed by atoms with Crippen LogP contribution in [0.1, 0.15) is 54.1 Å². The third kappa shape index (κ3) is 3.03. The highest BCUT2D eigenvalue weighted by atomic mass is 79.9. The lowest BCUT2D eigenvalue weighted by atomic mass is 9.92. The van der Waals surface area contributed by atoms with E-state index in [0.29, 0.717) is 29.1 Å². The lowest BCUT2D eigenvalue weighted by Crippen LogP contribution is -2.18. The minimum absolute atomic E-state index is 0.00396. The predicted molar refractivity (Wildman–Crippen MR) is 91.3 cm³/mol. The Kier molecular flexibility index (Phi) is 5.24. The summed E-state index contributed by atoms with van der Waals surface area (Å²) in [6, 6.07) is 7.54. The number of halogens is 1. The number of rotatable bonds is 4. The maximum atomic E-state index is 12.3. The molecule has 0 saturated heterocycles. The molecule has 1 heterocycles. The van der Waals surface area contributed by atoms with Crippen LogP contribution in [0.15, 0.2) is 37.9 Å². The normalized spacial score (nSPS) is 13.9. The first-order chi connectivity index (χ1) is 10.4. The molecule has 22 heavy (non-hydrogen) atoms. The number of aryl methyl sites for hydroxylation is 1. The average molecular weight is 365 g/mol. The van der Waals surface area contributed by atoms with Gasteiger partial charge in [-0.15, -0.1) is 0 Å². The van der Waals surface area contributed by atoms with Crippen LogP contribution in [0.2, 0.25) is 0 Å². The molecule has 1 N–H and O–H groups in total. The van der Waals surface area contributed by atoms with Crippen LogP contribution in [-0.2, 0) is 6.42 Å². The summed E-state index contributed by atoms with van der Waals surface area (Å²) < 4.78 is 6.78. The summed E-state index contributed by atoms with van der Waals surface area (Å²) in [6.07, 6.45) is -0.0866. The van der Waals surface area contributed by atoms with Gasteiger partial charge in [-0.1, -0.05) is 48.0 Å². The van der Waals surface area contributed by atoms with E-state index in [0.717, 1.165) is 10.0 Å². The third-order valence-corrected chi connectivity index (χ3v) is 4.86. The standard InChI is InChI=1S/C18H21BrO3/c1-5-15-10(2)16(20)11(3)18(22-15)12(4)17(21)13-8-6-7-9-14(13)19/h6-9,12,17,21H,5H2,1-4H3/t12-,17+/m0/s1. The van der Waals surface area contributed by atoms with Crippen LogP contribution in [0.5, 0.6) is 0 Å². The molecule has 0 aliphatic heterocycles. The average Bonchev–Trinajstić information content (AvgIpc) is 2.52. The van der Waals surface area contributed by atoms with E-state index in [2.05, 4.69) is 15.9 Å². The fourth-order valence-corrected chi connectivity index (χ4v) is 3.22. The van der Waals surface area contributed by atoms with Gasteiger partial charge in [-0.25, -0.2) is 0 Å². The first kappa shape index (κ1) is 17.0. The summed E-state index contributed by atoms with van der Waals surface area (Å²) in [5.41, 5.74) is 2.03. The molecule has 1 aromatic carbocycles. The van der Waals surface area contributed by atoms with Crippen LogP contribution in [0, 0.1) is 13.8 Å². The summed E-state index contributed by atoms with van der Waals surface area (Å²) in [4.78, 5) is 12.3. The monoisotopic (exact) mass is 364 g/mol. The van der Waals surface area contributed by atoms with Gasteiger partial charge in [-0.2, -0.15) is 0 Å². The molecular formula is C18H21BrO3. The zero-order valence-corrected chi connectivity index (χ0v) is 14.9. The van der Waals surface area contributed by atoms with E-state index in [4.69, 9.17) is 4.42 Å². The fourth-order valence-electron chi connectivity index (χ4n) is 2.71. The minimum Gasteiger partial charge on any atom is -0.465 e. The van der Waals surface area contributed by atoms with E-state index < -0.39 is 6.10 Å². The topological polar surface area (TPSA) is 50.4 Å². The largest absolute Gasteiger partial charge is 0.465 e. The molecular weight excluding hydrogens is 344 g/mol. The van der Waals surface area contributed by atoms with Gasteiger partial charge in [0.25, 0.3) is 0 Å². The number of hydrogen-bond donors (Lipinski definition) is 1. The van der Waals surface area contributed by atoms with Gasteiger partial charge in [0.2, 0.25) is 0 Å². The van der Waals surface area contributed by atoms with E-state index in [1.165, 1.54) is 0 Å².